The highest BCUT2D eigenvalue weighted by atomic mass is 16.5. The molecule has 1 heterocycles. The van der Waals surface area contributed by atoms with Crippen LogP contribution in [0.4, 0.5) is 5.69 Å². The SMILES string of the molecule is CCC(Oc1cccc(OC)c1)C(=O)N1c2ccccc2CC1C. The summed E-state index contributed by atoms with van der Waals surface area (Å²) in [6, 6.07) is 15.6. The Kier molecular flexibility index (Phi) is 4.74. The number of amides is 1. The van der Waals surface area contributed by atoms with Crippen LogP contribution in [-0.4, -0.2) is 25.2 Å². The fraction of sp³-hybridized carbons (Fsp3) is 0.350. The van der Waals surface area contributed by atoms with Gasteiger partial charge in [0.25, 0.3) is 5.91 Å². The van der Waals surface area contributed by atoms with Gasteiger partial charge in [-0.05, 0) is 43.5 Å². The van der Waals surface area contributed by atoms with Gasteiger partial charge in [-0.3, -0.25) is 4.79 Å². The third kappa shape index (κ3) is 3.09. The van der Waals surface area contributed by atoms with E-state index in [4.69, 9.17) is 9.47 Å². The molecule has 2 unspecified atom stereocenters. The molecule has 1 aliphatic heterocycles. The maximum Gasteiger partial charge on any atom is 0.268 e. The van der Waals surface area contributed by atoms with Gasteiger partial charge in [0.05, 0.1) is 7.11 Å². The van der Waals surface area contributed by atoms with Crippen molar-refractivity contribution < 1.29 is 14.3 Å². The minimum Gasteiger partial charge on any atom is -0.497 e. The van der Waals surface area contributed by atoms with Crippen molar-refractivity contribution in [1.82, 2.24) is 0 Å². The highest BCUT2D eigenvalue weighted by Gasteiger charge is 2.34. The number of hydrogen-bond donors (Lipinski definition) is 0. The first-order chi connectivity index (χ1) is 11.6. The first kappa shape index (κ1) is 16.4. The van der Waals surface area contributed by atoms with E-state index in [1.807, 2.05) is 48.2 Å². The Morgan fingerprint density at radius 1 is 1.21 bits per heavy atom. The molecule has 4 heteroatoms. The lowest BCUT2D eigenvalue weighted by Crippen LogP contribution is -2.44. The molecule has 0 saturated heterocycles. The van der Waals surface area contributed by atoms with Gasteiger partial charge in [0.15, 0.2) is 6.10 Å². The summed E-state index contributed by atoms with van der Waals surface area (Å²) in [5.41, 5.74) is 2.22. The lowest BCUT2D eigenvalue weighted by atomic mass is 10.1. The van der Waals surface area contributed by atoms with Crippen molar-refractivity contribution in [3.63, 3.8) is 0 Å². The summed E-state index contributed by atoms with van der Waals surface area (Å²) in [6.07, 6.45) is 0.990. The second-order valence-corrected chi connectivity index (χ2v) is 6.08. The number of benzene rings is 2. The lowest BCUT2D eigenvalue weighted by Gasteiger charge is -2.27. The zero-order valence-electron chi connectivity index (χ0n) is 14.4. The number of para-hydroxylation sites is 1. The van der Waals surface area contributed by atoms with Crippen molar-refractivity contribution in [3.05, 3.63) is 54.1 Å². The minimum absolute atomic E-state index is 0.0118. The lowest BCUT2D eigenvalue weighted by molar-refractivity contribution is -0.125. The van der Waals surface area contributed by atoms with Crippen molar-refractivity contribution in [2.24, 2.45) is 0 Å². The summed E-state index contributed by atoms with van der Waals surface area (Å²) in [7, 11) is 1.62. The number of anilines is 1. The van der Waals surface area contributed by atoms with Gasteiger partial charge in [-0.25, -0.2) is 0 Å². The molecular formula is C20H23NO3. The first-order valence-corrected chi connectivity index (χ1v) is 8.35. The monoisotopic (exact) mass is 325 g/mol. The summed E-state index contributed by atoms with van der Waals surface area (Å²) in [5, 5.41) is 0. The quantitative estimate of drug-likeness (QED) is 0.838. The largest absolute Gasteiger partial charge is 0.497 e. The molecule has 0 N–H and O–H groups in total. The van der Waals surface area contributed by atoms with E-state index in [9.17, 15) is 4.79 Å². The number of fused-ring (bicyclic) bond motifs is 1. The first-order valence-electron chi connectivity index (χ1n) is 8.35. The number of carbonyl (C=O) groups excluding carboxylic acids is 1. The van der Waals surface area contributed by atoms with Gasteiger partial charge in [0.2, 0.25) is 0 Å². The normalized spacial score (nSPS) is 17.3. The predicted molar refractivity (Wildman–Crippen MR) is 94.8 cm³/mol. The third-order valence-corrected chi connectivity index (χ3v) is 4.41. The Morgan fingerprint density at radius 3 is 2.71 bits per heavy atom. The molecule has 24 heavy (non-hydrogen) atoms. The van der Waals surface area contributed by atoms with Crippen LogP contribution in [0.2, 0.25) is 0 Å². The van der Waals surface area contributed by atoms with E-state index in [0.717, 1.165) is 17.9 Å². The van der Waals surface area contributed by atoms with Crippen LogP contribution in [0.1, 0.15) is 25.8 Å². The Hall–Kier alpha value is -2.49. The number of rotatable bonds is 5. The van der Waals surface area contributed by atoms with Crippen LogP contribution in [0.15, 0.2) is 48.5 Å². The zero-order valence-corrected chi connectivity index (χ0v) is 14.4. The molecule has 2 aromatic rings. The maximum atomic E-state index is 13.1. The third-order valence-electron chi connectivity index (χ3n) is 4.41. The minimum atomic E-state index is -0.509. The Bertz CT molecular complexity index is 728. The van der Waals surface area contributed by atoms with Crippen molar-refractivity contribution in [2.75, 3.05) is 12.0 Å². The smallest absolute Gasteiger partial charge is 0.268 e. The Morgan fingerprint density at radius 2 is 1.96 bits per heavy atom. The van der Waals surface area contributed by atoms with Crippen LogP contribution in [0.3, 0.4) is 0 Å². The summed E-state index contributed by atoms with van der Waals surface area (Å²) >= 11 is 0. The van der Waals surface area contributed by atoms with Crippen molar-refractivity contribution in [3.8, 4) is 11.5 Å². The topological polar surface area (TPSA) is 38.8 Å². The van der Waals surface area contributed by atoms with Crippen molar-refractivity contribution in [1.29, 1.82) is 0 Å². The molecule has 0 saturated carbocycles. The van der Waals surface area contributed by atoms with Gasteiger partial charge < -0.3 is 14.4 Å². The van der Waals surface area contributed by atoms with Gasteiger partial charge in [-0.15, -0.1) is 0 Å². The number of nitrogens with zero attached hydrogens (tertiary/aromatic N) is 1. The molecule has 4 nitrogen and oxygen atoms in total. The Labute approximate surface area is 143 Å². The standard InChI is InChI=1S/C20H23NO3/c1-4-19(24-17-10-7-9-16(13-17)23-3)20(22)21-14(2)12-15-8-5-6-11-18(15)21/h5-11,13-14,19H,4,12H2,1-3H3. The maximum absolute atomic E-state index is 13.1. The fourth-order valence-electron chi connectivity index (χ4n) is 3.20. The van der Waals surface area contributed by atoms with Crippen molar-refractivity contribution in [2.45, 2.75) is 38.8 Å². The summed E-state index contributed by atoms with van der Waals surface area (Å²) in [6.45, 7) is 4.05. The number of methoxy groups -OCH3 is 1. The van der Waals surface area contributed by atoms with E-state index in [0.29, 0.717) is 12.2 Å². The molecular weight excluding hydrogens is 302 g/mol. The van der Waals surface area contributed by atoms with E-state index in [2.05, 4.69) is 13.0 Å². The van der Waals surface area contributed by atoms with Crippen LogP contribution in [-0.2, 0) is 11.2 Å². The second-order valence-electron chi connectivity index (χ2n) is 6.08. The molecule has 0 aromatic heterocycles. The van der Waals surface area contributed by atoms with Crippen LogP contribution < -0.4 is 14.4 Å². The van der Waals surface area contributed by atoms with Gasteiger partial charge in [-0.1, -0.05) is 31.2 Å². The predicted octanol–water partition coefficient (Wildman–Crippen LogP) is 3.83. The van der Waals surface area contributed by atoms with E-state index in [-0.39, 0.29) is 11.9 Å². The number of carbonyl (C=O) groups is 1. The van der Waals surface area contributed by atoms with Gasteiger partial charge >= 0.3 is 0 Å². The molecule has 2 atom stereocenters. The van der Waals surface area contributed by atoms with Crippen LogP contribution >= 0.6 is 0 Å². The summed E-state index contributed by atoms with van der Waals surface area (Å²) in [4.78, 5) is 15.0. The molecule has 0 spiro atoms. The van der Waals surface area contributed by atoms with Gasteiger partial charge in [-0.2, -0.15) is 0 Å². The molecule has 2 aromatic carbocycles. The van der Waals surface area contributed by atoms with Gasteiger partial charge in [0.1, 0.15) is 11.5 Å². The van der Waals surface area contributed by atoms with E-state index in [1.165, 1.54) is 5.56 Å². The molecule has 0 aliphatic carbocycles. The second kappa shape index (κ2) is 6.95. The molecule has 0 radical (unpaired) electrons. The molecule has 1 amide bonds. The van der Waals surface area contributed by atoms with Crippen LogP contribution in [0.25, 0.3) is 0 Å². The van der Waals surface area contributed by atoms with E-state index >= 15 is 0 Å². The average molecular weight is 325 g/mol. The van der Waals surface area contributed by atoms with Crippen molar-refractivity contribution >= 4 is 11.6 Å². The molecule has 126 valence electrons. The number of hydrogen-bond acceptors (Lipinski definition) is 3. The molecule has 3 rings (SSSR count). The van der Waals surface area contributed by atoms with Crippen LogP contribution in [0.5, 0.6) is 11.5 Å². The fourth-order valence-corrected chi connectivity index (χ4v) is 3.20. The van der Waals surface area contributed by atoms with Gasteiger partial charge in [0, 0.05) is 17.8 Å². The highest BCUT2D eigenvalue weighted by molar-refractivity contribution is 5.99. The molecule has 1 aliphatic rings. The number of ether oxygens (including phenoxy) is 2. The summed E-state index contributed by atoms with van der Waals surface area (Å²) < 4.78 is 11.2. The molecule has 0 bridgehead atoms. The van der Waals surface area contributed by atoms with E-state index in [1.54, 1.807) is 13.2 Å². The zero-order chi connectivity index (χ0) is 17.1. The highest BCUT2D eigenvalue weighted by Crippen LogP contribution is 2.33. The van der Waals surface area contributed by atoms with Crippen LogP contribution in [0, 0.1) is 0 Å². The Balaban J connectivity index is 1.82. The molecule has 0 fully saturated rings. The average Bonchev–Trinajstić information content (AvgIpc) is 2.95. The summed E-state index contributed by atoms with van der Waals surface area (Å²) in [5.74, 6) is 1.38. The van der Waals surface area contributed by atoms with E-state index < -0.39 is 6.10 Å².